The molecule has 0 aliphatic heterocycles. The van der Waals surface area contributed by atoms with Crippen LogP contribution in [0.25, 0.3) is 11.1 Å². The van der Waals surface area contributed by atoms with E-state index >= 15 is 0 Å². The number of thioether (sulfide) groups is 1. The maximum Gasteiger partial charge on any atom is 0.416 e. The van der Waals surface area contributed by atoms with Crippen molar-refractivity contribution in [3.05, 3.63) is 65.5 Å². The molecule has 4 rings (SSSR count). The molecule has 0 bridgehead atoms. The van der Waals surface area contributed by atoms with Crippen molar-refractivity contribution < 1.29 is 18.0 Å². The number of hydrogen-bond donors (Lipinski definition) is 1. The van der Waals surface area contributed by atoms with Crippen LogP contribution in [-0.2, 0) is 12.6 Å². The van der Waals surface area contributed by atoms with Crippen LogP contribution in [-0.4, -0.2) is 33.5 Å². The predicted octanol–water partition coefficient (Wildman–Crippen LogP) is 6.16. The smallest absolute Gasteiger partial charge is 0.352 e. The molecule has 1 aliphatic rings. The third kappa shape index (κ3) is 5.46. The number of aryl methyl sites for hydroxylation is 1. The minimum Gasteiger partial charge on any atom is -0.352 e. The monoisotopic (exact) mass is 488 g/mol. The topological polar surface area (TPSA) is 59.8 Å². The average Bonchev–Trinajstić information content (AvgIpc) is 3.50. The Bertz CT molecular complexity index is 1120. The van der Waals surface area contributed by atoms with E-state index in [4.69, 9.17) is 0 Å². The molecule has 1 aliphatic carbocycles. The van der Waals surface area contributed by atoms with E-state index in [2.05, 4.69) is 20.1 Å². The molecule has 1 heterocycles. The van der Waals surface area contributed by atoms with Gasteiger partial charge < -0.3 is 9.88 Å². The van der Waals surface area contributed by atoms with Crippen molar-refractivity contribution in [1.82, 2.24) is 20.1 Å². The SMILES string of the molecule is CSc1nnc(CCCNC(=O)c2ccccc2-c2ccc(C(F)(F)F)cc2)n1C1CCCC1. The summed E-state index contributed by atoms with van der Waals surface area (Å²) in [5.74, 6) is 0.702. The molecule has 1 amide bonds. The molecule has 0 unspecified atom stereocenters. The second kappa shape index (κ2) is 10.6. The molecule has 0 spiro atoms. The standard InChI is InChI=1S/C25H27F3N4OS/c1-34-24-31-30-22(32(24)19-7-2-3-8-19)11-6-16-29-23(33)21-10-5-4-9-20(21)17-12-14-18(15-13-17)25(26,27)28/h4-5,9-10,12-15,19H,2-3,6-8,11,16H2,1H3,(H,29,33). The summed E-state index contributed by atoms with van der Waals surface area (Å²) in [6.07, 6.45) is 3.79. The molecule has 1 fully saturated rings. The summed E-state index contributed by atoms with van der Waals surface area (Å²) in [5, 5.41) is 12.6. The Kier molecular flexibility index (Phi) is 7.60. The Balaban J connectivity index is 1.39. The van der Waals surface area contributed by atoms with Crippen LogP contribution in [0.1, 0.15) is 59.9 Å². The molecule has 1 saturated carbocycles. The first-order chi connectivity index (χ1) is 16.4. The predicted molar refractivity (Wildman–Crippen MR) is 127 cm³/mol. The van der Waals surface area contributed by atoms with Crippen LogP contribution in [0.15, 0.2) is 53.7 Å². The molecule has 34 heavy (non-hydrogen) atoms. The number of amides is 1. The number of hydrogen-bond acceptors (Lipinski definition) is 4. The molecular weight excluding hydrogens is 461 g/mol. The first-order valence-corrected chi connectivity index (χ1v) is 12.6. The molecule has 3 aromatic rings. The Morgan fingerprint density at radius 1 is 1.09 bits per heavy atom. The van der Waals surface area contributed by atoms with Crippen molar-refractivity contribution in [3.63, 3.8) is 0 Å². The Hall–Kier alpha value is -2.81. The average molecular weight is 489 g/mol. The van der Waals surface area contributed by atoms with Crippen LogP contribution in [0.5, 0.6) is 0 Å². The number of aromatic nitrogens is 3. The van der Waals surface area contributed by atoms with Crippen LogP contribution in [0, 0.1) is 0 Å². The largest absolute Gasteiger partial charge is 0.416 e. The highest BCUT2D eigenvalue weighted by molar-refractivity contribution is 7.98. The quantitative estimate of drug-likeness (QED) is 0.305. The molecule has 5 nitrogen and oxygen atoms in total. The Morgan fingerprint density at radius 3 is 2.47 bits per heavy atom. The van der Waals surface area contributed by atoms with Crippen LogP contribution >= 0.6 is 11.8 Å². The van der Waals surface area contributed by atoms with Crippen molar-refractivity contribution in [3.8, 4) is 11.1 Å². The van der Waals surface area contributed by atoms with E-state index < -0.39 is 11.7 Å². The maximum atomic E-state index is 12.9. The van der Waals surface area contributed by atoms with E-state index in [9.17, 15) is 18.0 Å². The lowest BCUT2D eigenvalue weighted by Gasteiger charge is -2.16. The minimum atomic E-state index is -4.39. The van der Waals surface area contributed by atoms with Crippen LogP contribution in [0.3, 0.4) is 0 Å². The van der Waals surface area contributed by atoms with Gasteiger partial charge in [0.15, 0.2) is 5.16 Å². The van der Waals surface area contributed by atoms with E-state index in [1.807, 2.05) is 6.26 Å². The third-order valence-corrected chi connectivity index (χ3v) is 6.81. The van der Waals surface area contributed by atoms with Gasteiger partial charge in [0, 0.05) is 24.6 Å². The number of rotatable bonds is 8. The van der Waals surface area contributed by atoms with E-state index in [-0.39, 0.29) is 5.91 Å². The lowest BCUT2D eigenvalue weighted by Crippen LogP contribution is -2.25. The van der Waals surface area contributed by atoms with Crippen LogP contribution < -0.4 is 5.32 Å². The summed E-state index contributed by atoms with van der Waals surface area (Å²) in [6.45, 7) is 0.465. The zero-order chi connectivity index (χ0) is 24.1. The lowest BCUT2D eigenvalue weighted by atomic mass is 9.98. The lowest BCUT2D eigenvalue weighted by molar-refractivity contribution is -0.137. The number of benzene rings is 2. The van der Waals surface area contributed by atoms with E-state index in [1.165, 1.54) is 25.0 Å². The van der Waals surface area contributed by atoms with Gasteiger partial charge in [-0.15, -0.1) is 10.2 Å². The molecule has 1 aromatic heterocycles. The molecule has 0 atom stereocenters. The molecule has 9 heteroatoms. The number of carbonyl (C=O) groups is 1. The van der Waals surface area contributed by atoms with Gasteiger partial charge >= 0.3 is 6.18 Å². The molecule has 0 saturated heterocycles. The number of nitrogens with zero attached hydrogens (tertiary/aromatic N) is 3. The van der Waals surface area contributed by atoms with Gasteiger partial charge in [0.05, 0.1) is 5.56 Å². The number of nitrogens with one attached hydrogen (secondary N) is 1. The van der Waals surface area contributed by atoms with Gasteiger partial charge in [-0.3, -0.25) is 4.79 Å². The molecular formula is C25H27F3N4OS. The summed E-state index contributed by atoms with van der Waals surface area (Å²) in [5.41, 5.74) is 0.877. The van der Waals surface area contributed by atoms with Gasteiger partial charge in [0.1, 0.15) is 5.82 Å². The zero-order valence-corrected chi connectivity index (χ0v) is 19.8. The van der Waals surface area contributed by atoms with Crippen LogP contribution in [0.4, 0.5) is 13.2 Å². The summed E-state index contributed by atoms with van der Waals surface area (Å²) < 4.78 is 40.9. The van der Waals surface area contributed by atoms with Crippen molar-refractivity contribution in [2.24, 2.45) is 0 Å². The first-order valence-electron chi connectivity index (χ1n) is 11.4. The fourth-order valence-electron chi connectivity index (χ4n) is 4.46. The van der Waals surface area contributed by atoms with E-state index in [0.29, 0.717) is 42.1 Å². The normalized spacial score (nSPS) is 14.5. The number of carbonyl (C=O) groups excluding carboxylic acids is 1. The molecule has 2 aromatic carbocycles. The van der Waals surface area contributed by atoms with Crippen molar-refractivity contribution in [2.75, 3.05) is 12.8 Å². The van der Waals surface area contributed by atoms with Gasteiger partial charge in [-0.1, -0.05) is 54.9 Å². The Labute approximate surface area is 201 Å². The molecule has 0 radical (unpaired) electrons. The summed E-state index contributed by atoms with van der Waals surface area (Å²) in [4.78, 5) is 12.9. The van der Waals surface area contributed by atoms with E-state index in [0.717, 1.165) is 36.0 Å². The highest BCUT2D eigenvalue weighted by atomic mass is 32.2. The zero-order valence-electron chi connectivity index (χ0n) is 18.9. The van der Waals surface area contributed by atoms with Crippen molar-refractivity contribution in [2.45, 2.75) is 55.9 Å². The van der Waals surface area contributed by atoms with Gasteiger partial charge in [-0.25, -0.2) is 0 Å². The third-order valence-electron chi connectivity index (χ3n) is 6.17. The number of alkyl halides is 3. The minimum absolute atomic E-state index is 0.252. The number of halogens is 3. The summed E-state index contributed by atoms with van der Waals surface area (Å²) in [7, 11) is 0. The van der Waals surface area contributed by atoms with Crippen molar-refractivity contribution >= 4 is 17.7 Å². The van der Waals surface area contributed by atoms with Crippen molar-refractivity contribution in [1.29, 1.82) is 0 Å². The summed E-state index contributed by atoms with van der Waals surface area (Å²) in [6, 6.07) is 12.3. The fourth-order valence-corrected chi connectivity index (χ4v) is 5.04. The Morgan fingerprint density at radius 2 is 1.79 bits per heavy atom. The van der Waals surface area contributed by atoms with Gasteiger partial charge in [0.2, 0.25) is 0 Å². The second-order valence-electron chi connectivity index (χ2n) is 8.39. The van der Waals surface area contributed by atoms with Gasteiger partial charge in [-0.05, 0) is 54.8 Å². The van der Waals surface area contributed by atoms with Gasteiger partial charge in [0.25, 0.3) is 5.91 Å². The van der Waals surface area contributed by atoms with E-state index in [1.54, 1.807) is 36.0 Å². The van der Waals surface area contributed by atoms with Crippen LogP contribution in [0.2, 0.25) is 0 Å². The molecule has 1 N–H and O–H groups in total. The fraction of sp³-hybridized carbons (Fsp3) is 0.400. The first kappa shape index (κ1) is 24.3. The highest BCUT2D eigenvalue weighted by Gasteiger charge is 2.30. The maximum absolute atomic E-state index is 12.9. The van der Waals surface area contributed by atoms with Gasteiger partial charge in [-0.2, -0.15) is 13.2 Å². The second-order valence-corrected chi connectivity index (χ2v) is 9.16. The molecule has 180 valence electrons. The summed E-state index contributed by atoms with van der Waals surface area (Å²) >= 11 is 1.60. The highest BCUT2D eigenvalue weighted by Crippen LogP contribution is 2.34.